The van der Waals surface area contributed by atoms with E-state index in [0.717, 1.165) is 43.0 Å². The van der Waals surface area contributed by atoms with Crippen LogP contribution in [0, 0.1) is 0 Å². The van der Waals surface area contributed by atoms with Gasteiger partial charge in [-0.2, -0.15) is 0 Å². The van der Waals surface area contributed by atoms with E-state index < -0.39 is 5.41 Å². The Bertz CT molecular complexity index is 1440. The molecule has 0 saturated heterocycles. The number of thiophene rings is 1. The van der Waals surface area contributed by atoms with Crippen LogP contribution in [0.4, 0.5) is 5.69 Å². The summed E-state index contributed by atoms with van der Waals surface area (Å²) >= 11 is 7.71. The first-order chi connectivity index (χ1) is 15.6. The highest BCUT2D eigenvalue weighted by molar-refractivity contribution is 7.16. The van der Waals surface area contributed by atoms with Crippen LogP contribution in [0.3, 0.4) is 0 Å². The van der Waals surface area contributed by atoms with Gasteiger partial charge in [0.15, 0.2) is 11.5 Å². The van der Waals surface area contributed by atoms with Crippen molar-refractivity contribution in [3.05, 3.63) is 80.9 Å². The Morgan fingerprint density at radius 1 is 1.12 bits per heavy atom. The fourth-order valence-electron chi connectivity index (χ4n) is 5.17. The maximum absolute atomic E-state index is 13.6. The van der Waals surface area contributed by atoms with E-state index in [1.165, 1.54) is 0 Å². The standard InChI is InChI=1S/C24H16ClN3O3S/c25-21-6-5-13(32-21)7-18-22-14-8-19-20(31-12-30-19)9-16(14)24(10-28(22)11-26-18)15-3-1-2-4-17(15)27-23(24)29/h1-6,8-9,11H,7,10,12H2,(H,27,29). The number of benzene rings is 2. The van der Waals surface area contributed by atoms with Crippen molar-refractivity contribution in [1.29, 1.82) is 0 Å². The maximum Gasteiger partial charge on any atom is 0.241 e. The van der Waals surface area contributed by atoms with Crippen molar-refractivity contribution in [2.75, 3.05) is 12.1 Å². The van der Waals surface area contributed by atoms with Crippen LogP contribution in [-0.2, 0) is 23.2 Å². The van der Waals surface area contributed by atoms with Crippen LogP contribution in [0.15, 0.2) is 54.9 Å². The maximum atomic E-state index is 13.6. The first kappa shape index (κ1) is 18.3. The first-order valence-corrected chi connectivity index (χ1v) is 11.5. The predicted octanol–water partition coefficient (Wildman–Crippen LogP) is 4.84. The normalized spacial score (nSPS) is 19.6. The molecule has 32 heavy (non-hydrogen) atoms. The number of nitrogens with one attached hydrogen (secondary N) is 1. The monoisotopic (exact) mass is 461 g/mol. The number of fused-ring (bicyclic) bond motifs is 7. The van der Waals surface area contributed by atoms with Gasteiger partial charge in [0.05, 0.1) is 22.1 Å². The van der Waals surface area contributed by atoms with Crippen LogP contribution in [0.25, 0.3) is 11.3 Å². The zero-order valence-corrected chi connectivity index (χ0v) is 18.3. The summed E-state index contributed by atoms with van der Waals surface area (Å²) < 4.78 is 14.2. The molecule has 1 atom stereocenters. The third-order valence-corrected chi connectivity index (χ3v) is 7.77. The second-order valence-electron chi connectivity index (χ2n) is 8.21. The van der Waals surface area contributed by atoms with Gasteiger partial charge in [-0.1, -0.05) is 29.8 Å². The molecule has 2 aromatic heterocycles. The van der Waals surface area contributed by atoms with Crippen LogP contribution in [-0.4, -0.2) is 22.3 Å². The molecule has 1 N–H and O–H groups in total. The van der Waals surface area contributed by atoms with Gasteiger partial charge in [0, 0.05) is 29.1 Å². The summed E-state index contributed by atoms with van der Waals surface area (Å²) in [5.41, 5.74) is 4.78. The molecule has 158 valence electrons. The Hall–Kier alpha value is -3.29. The predicted molar refractivity (Wildman–Crippen MR) is 122 cm³/mol. The second kappa shape index (κ2) is 6.37. The Balaban J connectivity index is 1.48. The Labute approximate surface area is 192 Å². The lowest BCUT2D eigenvalue weighted by atomic mass is 9.70. The van der Waals surface area contributed by atoms with E-state index in [4.69, 9.17) is 26.1 Å². The minimum absolute atomic E-state index is 0.0373. The fraction of sp³-hybridized carbons (Fsp3) is 0.167. The molecule has 0 aliphatic carbocycles. The van der Waals surface area contributed by atoms with Gasteiger partial charge in [0.2, 0.25) is 12.7 Å². The van der Waals surface area contributed by atoms with Gasteiger partial charge in [-0.15, -0.1) is 11.3 Å². The quantitative estimate of drug-likeness (QED) is 0.464. The molecule has 7 rings (SSSR count). The van der Waals surface area contributed by atoms with Gasteiger partial charge in [0.25, 0.3) is 0 Å². The minimum atomic E-state index is -0.857. The van der Waals surface area contributed by atoms with Gasteiger partial charge < -0.3 is 19.4 Å². The third-order valence-electron chi connectivity index (χ3n) is 6.54. The smallest absolute Gasteiger partial charge is 0.241 e. The number of para-hydroxylation sites is 1. The molecule has 3 aliphatic heterocycles. The number of amides is 1. The average molecular weight is 462 g/mol. The van der Waals surface area contributed by atoms with E-state index in [1.54, 1.807) is 11.3 Å². The van der Waals surface area contributed by atoms with Crippen molar-refractivity contribution in [1.82, 2.24) is 9.55 Å². The highest BCUT2D eigenvalue weighted by Gasteiger charge is 2.53. The zero-order valence-electron chi connectivity index (χ0n) is 16.7. The minimum Gasteiger partial charge on any atom is -0.454 e. The second-order valence-corrected chi connectivity index (χ2v) is 10.0. The van der Waals surface area contributed by atoms with Gasteiger partial charge in [0.1, 0.15) is 5.41 Å². The number of hydrogen-bond acceptors (Lipinski definition) is 5. The van der Waals surface area contributed by atoms with Crippen molar-refractivity contribution < 1.29 is 14.3 Å². The van der Waals surface area contributed by atoms with Crippen LogP contribution in [0.1, 0.15) is 21.7 Å². The molecule has 1 spiro atoms. The van der Waals surface area contributed by atoms with E-state index in [9.17, 15) is 4.79 Å². The van der Waals surface area contributed by atoms with Gasteiger partial charge in [-0.3, -0.25) is 4.79 Å². The molecule has 1 amide bonds. The van der Waals surface area contributed by atoms with E-state index in [0.29, 0.717) is 24.5 Å². The van der Waals surface area contributed by atoms with E-state index >= 15 is 0 Å². The summed E-state index contributed by atoms with van der Waals surface area (Å²) in [5.74, 6) is 1.31. The summed E-state index contributed by atoms with van der Waals surface area (Å²) in [7, 11) is 0. The highest BCUT2D eigenvalue weighted by atomic mass is 35.5. The summed E-state index contributed by atoms with van der Waals surface area (Å²) in [6, 6.07) is 15.8. The number of imidazole rings is 1. The Kier molecular flexibility index (Phi) is 3.64. The molecule has 0 bridgehead atoms. The fourth-order valence-corrected chi connectivity index (χ4v) is 6.26. The van der Waals surface area contributed by atoms with Crippen molar-refractivity contribution in [3.8, 4) is 22.8 Å². The van der Waals surface area contributed by atoms with Crippen molar-refractivity contribution in [3.63, 3.8) is 0 Å². The molecule has 1 unspecified atom stereocenters. The molecule has 0 fully saturated rings. The summed E-state index contributed by atoms with van der Waals surface area (Å²) in [6.45, 7) is 0.643. The lowest BCUT2D eigenvalue weighted by molar-refractivity contribution is -0.120. The number of halogens is 1. The lowest BCUT2D eigenvalue weighted by Crippen LogP contribution is -2.42. The van der Waals surface area contributed by atoms with Crippen molar-refractivity contribution >= 4 is 34.5 Å². The Morgan fingerprint density at radius 2 is 1.97 bits per heavy atom. The average Bonchev–Trinajstić information content (AvgIpc) is 3.56. The molecule has 5 heterocycles. The van der Waals surface area contributed by atoms with Crippen molar-refractivity contribution in [2.45, 2.75) is 18.4 Å². The largest absolute Gasteiger partial charge is 0.454 e. The number of nitrogens with zero attached hydrogens (tertiary/aromatic N) is 2. The highest BCUT2D eigenvalue weighted by Crippen LogP contribution is 2.53. The SMILES string of the molecule is O=C1Nc2ccccc2C12Cn1cnc(Cc3ccc(Cl)s3)c1-c1cc3c(cc12)OCO3. The number of carbonyl (C=O) groups excluding carboxylic acids is 1. The van der Waals surface area contributed by atoms with Crippen molar-refractivity contribution in [2.24, 2.45) is 0 Å². The lowest BCUT2D eigenvalue weighted by Gasteiger charge is -2.35. The number of ether oxygens (including phenoxy) is 2. The zero-order chi connectivity index (χ0) is 21.4. The summed E-state index contributed by atoms with van der Waals surface area (Å²) in [5, 5.41) is 3.09. The molecule has 8 heteroatoms. The molecule has 6 nitrogen and oxygen atoms in total. The molecular formula is C24H16ClN3O3S. The third kappa shape index (κ3) is 2.35. The molecule has 0 radical (unpaired) electrons. The number of carbonyl (C=O) groups is 1. The van der Waals surface area contributed by atoms with Crippen LogP contribution >= 0.6 is 22.9 Å². The van der Waals surface area contributed by atoms with Crippen LogP contribution in [0.5, 0.6) is 11.5 Å². The summed E-state index contributed by atoms with van der Waals surface area (Å²) in [4.78, 5) is 19.4. The van der Waals surface area contributed by atoms with Crippen LogP contribution < -0.4 is 14.8 Å². The molecule has 2 aromatic carbocycles. The molecule has 0 saturated carbocycles. The van der Waals surface area contributed by atoms with Crippen LogP contribution in [0.2, 0.25) is 4.34 Å². The van der Waals surface area contributed by atoms with Gasteiger partial charge in [-0.25, -0.2) is 4.98 Å². The molecular weight excluding hydrogens is 446 g/mol. The van der Waals surface area contributed by atoms with Gasteiger partial charge in [-0.05, 0) is 41.5 Å². The topological polar surface area (TPSA) is 65.4 Å². The molecule has 3 aliphatic rings. The Morgan fingerprint density at radius 3 is 2.81 bits per heavy atom. The van der Waals surface area contributed by atoms with E-state index in [1.807, 2.05) is 54.9 Å². The first-order valence-electron chi connectivity index (χ1n) is 10.3. The van der Waals surface area contributed by atoms with Gasteiger partial charge >= 0.3 is 0 Å². The van der Waals surface area contributed by atoms with E-state index in [2.05, 4.69) is 9.88 Å². The number of hydrogen-bond donors (Lipinski definition) is 1. The van der Waals surface area contributed by atoms with E-state index in [-0.39, 0.29) is 12.7 Å². The number of anilines is 1. The number of aromatic nitrogens is 2. The summed E-state index contributed by atoms with van der Waals surface area (Å²) in [6.07, 6.45) is 2.51. The molecule has 4 aromatic rings. The number of rotatable bonds is 2.